The zero-order chi connectivity index (χ0) is 10.6. The monoisotopic (exact) mass is 198 g/mol. The van der Waals surface area contributed by atoms with Gasteiger partial charge in [0.25, 0.3) is 0 Å². The summed E-state index contributed by atoms with van der Waals surface area (Å²) in [6, 6.07) is 0. The molecule has 0 aromatic heterocycles. The van der Waals surface area contributed by atoms with E-state index in [0.717, 1.165) is 19.4 Å². The van der Waals surface area contributed by atoms with Crippen molar-refractivity contribution in [2.24, 2.45) is 0 Å². The molecular weight excluding hydrogens is 176 g/mol. The SMILES string of the molecule is C/C=C/C=C/COC(C)OCCCC. The molecule has 0 aliphatic rings. The topological polar surface area (TPSA) is 18.5 Å². The Bertz CT molecular complexity index is 162. The quantitative estimate of drug-likeness (QED) is 0.338. The van der Waals surface area contributed by atoms with Crippen LogP contribution >= 0.6 is 0 Å². The summed E-state index contributed by atoms with van der Waals surface area (Å²) in [6.45, 7) is 7.46. The average Bonchev–Trinajstić information content (AvgIpc) is 2.18. The standard InChI is InChI=1S/C12H22O2/c1-4-6-8-9-11-14-12(3)13-10-7-5-2/h4,6,8-9,12H,5,7,10-11H2,1-3H3/b6-4+,9-8+. The summed E-state index contributed by atoms with van der Waals surface area (Å²) in [5, 5.41) is 0. The van der Waals surface area contributed by atoms with Gasteiger partial charge in [-0.1, -0.05) is 37.6 Å². The minimum Gasteiger partial charge on any atom is -0.353 e. The fourth-order valence-electron chi connectivity index (χ4n) is 0.878. The Balaban J connectivity index is 3.30. The molecule has 0 radical (unpaired) electrons. The maximum absolute atomic E-state index is 5.41. The van der Waals surface area contributed by atoms with Crippen LogP contribution in [0.4, 0.5) is 0 Å². The summed E-state index contributed by atoms with van der Waals surface area (Å²) >= 11 is 0. The van der Waals surface area contributed by atoms with E-state index in [1.165, 1.54) is 0 Å². The van der Waals surface area contributed by atoms with Crippen LogP contribution in [0, 0.1) is 0 Å². The molecule has 0 aliphatic heterocycles. The average molecular weight is 198 g/mol. The van der Waals surface area contributed by atoms with Crippen LogP contribution in [0.3, 0.4) is 0 Å². The zero-order valence-corrected chi connectivity index (χ0v) is 9.53. The number of unbranched alkanes of at least 4 members (excludes halogenated alkanes) is 1. The summed E-state index contributed by atoms with van der Waals surface area (Å²) < 4.78 is 10.8. The molecule has 0 spiro atoms. The molecule has 0 saturated heterocycles. The highest BCUT2D eigenvalue weighted by Crippen LogP contribution is 1.96. The smallest absolute Gasteiger partial charge is 0.155 e. The molecule has 2 heteroatoms. The molecule has 14 heavy (non-hydrogen) atoms. The molecule has 1 atom stereocenters. The van der Waals surface area contributed by atoms with Crippen molar-refractivity contribution < 1.29 is 9.47 Å². The Labute approximate surface area is 87.6 Å². The lowest BCUT2D eigenvalue weighted by molar-refractivity contribution is -0.122. The minimum atomic E-state index is -0.100. The van der Waals surface area contributed by atoms with E-state index in [4.69, 9.17) is 9.47 Å². The van der Waals surface area contributed by atoms with E-state index in [9.17, 15) is 0 Å². The first-order chi connectivity index (χ1) is 6.81. The van der Waals surface area contributed by atoms with Crippen molar-refractivity contribution in [3.63, 3.8) is 0 Å². The molecule has 0 aliphatic carbocycles. The van der Waals surface area contributed by atoms with Crippen molar-refractivity contribution in [2.45, 2.75) is 39.9 Å². The van der Waals surface area contributed by atoms with Gasteiger partial charge in [0.2, 0.25) is 0 Å². The normalized spacial score (nSPS) is 14.2. The molecule has 82 valence electrons. The lowest BCUT2D eigenvalue weighted by atomic mass is 10.4. The van der Waals surface area contributed by atoms with Gasteiger partial charge in [-0.05, 0) is 20.3 Å². The van der Waals surface area contributed by atoms with E-state index in [1.54, 1.807) is 0 Å². The predicted octanol–water partition coefficient (Wildman–Crippen LogP) is 3.30. The van der Waals surface area contributed by atoms with E-state index in [2.05, 4.69) is 6.92 Å². The van der Waals surface area contributed by atoms with Crippen LogP contribution in [0.25, 0.3) is 0 Å². The lowest BCUT2D eigenvalue weighted by Crippen LogP contribution is -2.13. The van der Waals surface area contributed by atoms with Crippen LogP contribution < -0.4 is 0 Å². The second-order valence-corrected chi connectivity index (χ2v) is 3.08. The van der Waals surface area contributed by atoms with E-state index in [-0.39, 0.29) is 6.29 Å². The highest BCUT2D eigenvalue weighted by molar-refractivity contribution is 5.00. The number of ether oxygens (including phenoxy) is 2. The Morgan fingerprint density at radius 3 is 2.64 bits per heavy atom. The van der Waals surface area contributed by atoms with Crippen molar-refractivity contribution in [3.05, 3.63) is 24.3 Å². The second-order valence-electron chi connectivity index (χ2n) is 3.08. The lowest BCUT2D eigenvalue weighted by Gasteiger charge is -2.12. The number of allylic oxidation sites excluding steroid dienone is 3. The number of rotatable bonds is 8. The van der Waals surface area contributed by atoms with Crippen LogP contribution in [-0.4, -0.2) is 19.5 Å². The van der Waals surface area contributed by atoms with Crippen LogP contribution in [-0.2, 0) is 9.47 Å². The highest BCUT2D eigenvalue weighted by atomic mass is 16.7. The van der Waals surface area contributed by atoms with Gasteiger partial charge in [-0.3, -0.25) is 0 Å². The summed E-state index contributed by atoms with van der Waals surface area (Å²) in [5.41, 5.74) is 0. The van der Waals surface area contributed by atoms with Gasteiger partial charge in [-0.25, -0.2) is 0 Å². The zero-order valence-electron chi connectivity index (χ0n) is 9.53. The largest absolute Gasteiger partial charge is 0.353 e. The van der Waals surface area contributed by atoms with E-state index >= 15 is 0 Å². The van der Waals surface area contributed by atoms with Gasteiger partial charge in [0.1, 0.15) is 0 Å². The number of hydrogen-bond donors (Lipinski definition) is 0. The van der Waals surface area contributed by atoms with Crippen molar-refractivity contribution in [3.8, 4) is 0 Å². The first kappa shape index (κ1) is 13.4. The fourth-order valence-corrected chi connectivity index (χ4v) is 0.878. The molecule has 0 amide bonds. The molecule has 1 unspecified atom stereocenters. The van der Waals surface area contributed by atoms with Crippen LogP contribution in [0.1, 0.15) is 33.6 Å². The maximum Gasteiger partial charge on any atom is 0.155 e. The van der Waals surface area contributed by atoms with Gasteiger partial charge in [0.15, 0.2) is 6.29 Å². The van der Waals surface area contributed by atoms with Crippen molar-refractivity contribution in [1.82, 2.24) is 0 Å². The van der Waals surface area contributed by atoms with Crippen molar-refractivity contribution in [2.75, 3.05) is 13.2 Å². The molecule has 0 bridgehead atoms. The van der Waals surface area contributed by atoms with Crippen LogP contribution in [0.5, 0.6) is 0 Å². The third kappa shape index (κ3) is 9.49. The molecule has 0 heterocycles. The molecule has 0 saturated carbocycles. The maximum atomic E-state index is 5.41. The Morgan fingerprint density at radius 1 is 1.21 bits per heavy atom. The number of hydrogen-bond acceptors (Lipinski definition) is 2. The Hall–Kier alpha value is -0.600. The molecule has 0 fully saturated rings. The molecular formula is C12H22O2. The van der Waals surface area contributed by atoms with Gasteiger partial charge >= 0.3 is 0 Å². The van der Waals surface area contributed by atoms with Gasteiger partial charge in [0, 0.05) is 6.61 Å². The van der Waals surface area contributed by atoms with Crippen molar-refractivity contribution in [1.29, 1.82) is 0 Å². The van der Waals surface area contributed by atoms with Crippen LogP contribution in [0.15, 0.2) is 24.3 Å². The summed E-state index contributed by atoms with van der Waals surface area (Å²) in [4.78, 5) is 0. The summed E-state index contributed by atoms with van der Waals surface area (Å²) in [6.07, 6.45) is 10.1. The molecule has 0 rings (SSSR count). The van der Waals surface area contributed by atoms with Gasteiger partial charge < -0.3 is 9.47 Å². The highest BCUT2D eigenvalue weighted by Gasteiger charge is 1.98. The third-order valence-corrected chi connectivity index (χ3v) is 1.72. The van der Waals surface area contributed by atoms with Gasteiger partial charge in [-0.2, -0.15) is 0 Å². The van der Waals surface area contributed by atoms with E-state index < -0.39 is 0 Å². The minimum absolute atomic E-state index is 0.100. The van der Waals surface area contributed by atoms with E-state index in [0.29, 0.717) is 6.61 Å². The Morgan fingerprint density at radius 2 is 2.00 bits per heavy atom. The van der Waals surface area contributed by atoms with Gasteiger partial charge in [0.05, 0.1) is 6.61 Å². The molecule has 2 nitrogen and oxygen atoms in total. The van der Waals surface area contributed by atoms with Gasteiger partial charge in [-0.15, -0.1) is 0 Å². The third-order valence-electron chi connectivity index (χ3n) is 1.72. The van der Waals surface area contributed by atoms with Crippen LogP contribution in [0.2, 0.25) is 0 Å². The van der Waals surface area contributed by atoms with Crippen molar-refractivity contribution >= 4 is 0 Å². The first-order valence-electron chi connectivity index (χ1n) is 5.32. The van der Waals surface area contributed by atoms with E-state index in [1.807, 2.05) is 38.2 Å². The fraction of sp³-hybridized carbons (Fsp3) is 0.667. The summed E-state index contributed by atoms with van der Waals surface area (Å²) in [5.74, 6) is 0. The molecule has 0 aromatic rings. The molecule has 0 aromatic carbocycles. The Kier molecular flexibility index (Phi) is 10.0. The first-order valence-corrected chi connectivity index (χ1v) is 5.32. The predicted molar refractivity (Wildman–Crippen MR) is 60.2 cm³/mol. The summed E-state index contributed by atoms with van der Waals surface area (Å²) in [7, 11) is 0. The second kappa shape index (κ2) is 10.5. The molecule has 0 N–H and O–H groups in total.